The first-order valence-electron chi connectivity index (χ1n) is 7.74. The minimum absolute atomic E-state index is 0.0509. The van der Waals surface area contributed by atoms with E-state index in [-0.39, 0.29) is 29.0 Å². The van der Waals surface area contributed by atoms with Gasteiger partial charge in [-0.2, -0.15) is 0 Å². The summed E-state index contributed by atoms with van der Waals surface area (Å²) in [5.41, 5.74) is 11.6. The van der Waals surface area contributed by atoms with Crippen LogP contribution in [0.25, 0.3) is 0 Å². The molecule has 1 fully saturated rings. The minimum Gasteiger partial charge on any atom is -0.496 e. The van der Waals surface area contributed by atoms with Crippen LogP contribution < -0.4 is 16.2 Å². The molecule has 0 atom stereocenters. The smallest absolute Gasteiger partial charge is 0.342 e. The van der Waals surface area contributed by atoms with E-state index in [9.17, 15) is 9.59 Å². The van der Waals surface area contributed by atoms with Gasteiger partial charge in [0.25, 0.3) is 0 Å². The summed E-state index contributed by atoms with van der Waals surface area (Å²) in [7, 11) is 1.45. The fraction of sp³-hybridized carbons (Fsp3) is 0.500. The molecular weight excluding hydrogens is 334 g/mol. The molecule has 1 aromatic rings. The zero-order valence-electron chi connectivity index (χ0n) is 13.6. The number of rotatable bonds is 6. The quantitative estimate of drug-likeness (QED) is 0.588. The Bertz CT molecular complexity index is 616. The zero-order chi connectivity index (χ0) is 17.7. The molecule has 1 aliphatic heterocycles. The van der Waals surface area contributed by atoms with Gasteiger partial charge in [-0.3, -0.25) is 9.69 Å². The van der Waals surface area contributed by atoms with E-state index in [4.69, 9.17) is 32.5 Å². The Kier molecular flexibility index (Phi) is 6.28. The number of benzene rings is 1. The number of nitrogens with zero attached hydrogens (tertiary/aromatic N) is 1. The van der Waals surface area contributed by atoms with E-state index < -0.39 is 5.97 Å². The molecule has 2 rings (SSSR count). The summed E-state index contributed by atoms with van der Waals surface area (Å²) in [5, 5.41) is 0.274. The fourth-order valence-electron chi connectivity index (χ4n) is 2.68. The van der Waals surface area contributed by atoms with Crippen LogP contribution in [0.15, 0.2) is 12.1 Å². The lowest BCUT2D eigenvalue weighted by atomic mass is 9.96. The number of amides is 1. The van der Waals surface area contributed by atoms with E-state index in [1.807, 2.05) is 0 Å². The van der Waals surface area contributed by atoms with Gasteiger partial charge in [0.15, 0.2) is 0 Å². The molecule has 1 saturated heterocycles. The van der Waals surface area contributed by atoms with E-state index in [1.165, 1.54) is 19.2 Å². The summed E-state index contributed by atoms with van der Waals surface area (Å²) >= 11 is 5.95. The molecule has 8 heteroatoms. The van der Waals surface area contributed by atoms with Crippen molar-refractivity contribution >= 4 is 29.2 Å². The van der Waals surface area contributed by atoms with Crippen molar-refractivity contribution in [2.75, 3.05) is 39.1 Å². The predicted octanol–water partition coefficient (Wildman–Crippen LogP) is 1.28. The van der Waals surface area contributed by atoms with Gasteiger partial charge in [-0.05, 0) is 32.0 Å². The molecule has 0 aliphatic carbocycles. The highest BCUT2D eigenvalue weighted by molar-refractivity contribution is 6.33. The zero-order valence-corrected chi connectivity index (χ0v) is 14.3. The van der Waals surface area contributed by atoms with Crippen LogP contribution >= 0.6 is 11.6 Å². The maximum absolute atomic E-state index is 12.2. The van der Waals surface area contributed by atoms with E-state index in [0.717, 1.165) is 25.9 Å². The van der Waals surface area contributed by atoms with E-state index >= 15 is 0 Å². The number of anilines is 1. The highest BCUT2D eigenvalue weighted by atomic mass is 35.5. The molecule has 0 spiro atoms. The van der Waals surface area contributed by atoms with Crippen LogP contribution in [0.1, 0.15) is 23.2 Å². The summed E-state index contributed by atoms with van der Waals surface area (Å²) in [6, 6.07) is 2.93. The number of hydrogen-bond acceptors (Lipinski definition) is 6. The van der Waals surface area contributed by atoms with Crippen molar-refractivity contribution in [2.45, 2.75) is 12.8 Å². The standard InChI is InChI=1S/C16H22ClN3O4/c1-23-14-9-13(18)12(17)8-11(14)16(22)24-7-6-20-4-2-10(3-5-20)15(19)21/h8-10H,2-7,18H2,1H3,(H2,19,21). The van der Waals surface area contributed by atoms with Crippen LogP contribution in [0.4, 0.5) is 5.69 Å². The lowest BCUT2D eigenvalue weighted by Crippen LogP contribution is -2.40. The van der Waals surface area contributed by atoms with Gasteiger partial charge in [0, 0.05) is 18.5 Å². The normalized spacial score (nSPS) is 15.9. The highest BCUT2D eigenvalue weighted by Gasteiger charge is 2.23. The second-order valence-corrected chi connectivity index (χ2v) is 6.14. The number of halogens is 1. The van der Waals surface area contributed by atoms with E-state index in [0.29, 0.717) is 18.0 Å². The van der Waals surface area contributed by atoms with Gasteiger partial charge in [-0.25, -0.2) is 4.79 Å². The second-order valence-electron chi connectivity index (χ2n) is 5.73. The van der Waals surface area contributed by atoms with E-state index in [1.54, 1.807) is 0 Å². The van der Waals surface area contributed by atoms with Crippen molar-refractivity contribution in [2.24, 2.45) is 11.7 Å². The van der Waals surface area contributed by atoms with Crippen LogP contribution in [0.3, 0.4) is 0 Å². The second kappa shape index (κ2) is 8.21. The molecule has 0 bridgehead atoms. The third kappa shape index (κ3) is 4.52. The van der Waals surface area contributed by atoms with Crippen molar-refractivity contribution in [3.05, 3.63) is 22.7 Å². The number of primary amides is 1. The average Bonchev–Trinajstić information content (AvgIpc) is 2.57. The number of esters is 1. The average molecular weight is 356 g/mol. The molecule has 4 N–H and O–H groups in total. The molecule has 1 heterocycles. The van der Waals surface area contributed by atoms with E-state index in [2.05, 4.69) is 4.90 Å². The van der Waals surface area contributed by atoms with Gasteiger partial charge in [0.2, 0.25) is 5.91 Å². The van der Waals surface area contributed by atoms with Gasteiger partial charge in [0.1, 0.15) is 17.9 Å². The Balaban J connectivity index is 1.84. The molecule has 132 valence electrons. The first-order valence-corrected chi connectivity index (χ1v) is 8.12. The van der Waals surface area contributed by atoms with Crippen molar-refractivity contribution in [1.82, 2.24) is 4.90 Å². The first kappa shape index (κ1) is 18.4. The maximum Gasteiger partial charge on any atom is 0.342 e. The van der Waals surface area contributed by atoms with Crippen LogP contribution in [-0.4, -0.2) is 50.1 Å². The number of piperidine rings is 1. The molecule has 1 amide bonds. The van der Waals surface area contributed by atoms with Crippen molar-refractivity contribution in [3.63, 3.8) is 0 Å². The predicted molar refractivity (Wildman–Crippen MR) is 91.1 cm³/mol. The number of methoxy groups -OCH3 is 1. The number of likely N-dealkylation sites (tertiary alicyclic amines) is 1. The van der Waals surface area contributed by atoms with Crippen molar-refractivity contribution < 1.29 is 19.1 Å². The monoisotopic (exact) mass is 355 g/mol. The lowest BCUT2D eigenvalue weighted by molar-refractivity contribution is -0.123. The SMILES string of the molecule is COc1cc(N)c(Cl)cc1C(=O)OCCN1CCC(C(N)=O)CC1. The van der Waals surface area contributed by atoms with Crippen LogP contribution in [0, 0.1) is 5.92 Å². The molecule has 0 unspecified atom stereocenters. The van der Waals surface area contributed by atoms with Crippen LogP contribution in [0.5, 0.6) is 5.75 Å². The molecular formula is C16H22ClN3O4. The van der Waals surface area contributed by atoms with Gasteiger partial charge in [-0.1, -0.05) is 11.6 Å². The Labute approximate surface area is 145 Å². The summed E-state index contributed by atoms with van der Waals surface area (Å²) in [5.74, 6) is -0.483. The highest BCUT2D eigenvalue weighted by Crippen LogP contribution is 2.29. The molecule has 0 aromatic heterocycles. The summed E-state index contributed by atoms with van der Waals surface area (Å²) in [4.78, 5) is 25.5. The molecule has 1 aromatic carbocycles. The van der Waals surface area contributed by atoms with Gasteiger partial charge in [-0.15, -0.1) is 0 Å². The fourth-order valence-corrected chi connectivity index (χ4v) is 2.85. The number of nitrogen functional groups attached to an aromatic ring is 1. The lowest BCUT2D eigenvalue weighted by Gasteiger charge is -2.30. The number of carbonyl (C=O) groups excluding carboxylic acids is 2. The Hall–Kier alpha value is -1.99. The largest absolute Gasteiger partial charge is 0.496 e. The molecule has 24 heavy (non-hydrogen) atoms. The summed E-state index contributed by atoms with van der Waals surface area (Å²) < 4.78 is 10.4. The van der Waals surface area contributed by atoms with Crippen molar-refractivity contribution in [1.29, 1.82) is 0 Å². The molecule has 1 aliphatic rings. The Morgan fingerprint density at radius 1 is 1.33 bits per heavy atom. The molecule has 7 nitrogen and oxygen atoms in total. The summed E-state index contributed by atoms with van der Waals surface area (Å²) in [6.45, 7) is 2.37. The number of nitrogens with two attached hydrogens (primary N) is 2. The third-order valence-corrected chi connectivity index (χ3v) is 4.50. The van der Waals surface area contributed by atoms with Crippen LogP contribution in [-0.2, 0) is 9.53 Å². The molecule has 0 saturated carbocycles. The third-order valence-electron chi connectivity index (χ3n) is 4.17. The first-order chi connectivity index (χ1) is 11.4. The van der Waals surface area contributed by atoms with Gasteiger partial charge in [0.05, 0.1) is 17.8 Å². The topological polar surface area (TPSA) is 108 Å². The maximum atomic E-state index is 12.2. The van der Waals surface area contributed by atoms with Gasteiger partial charge < -0.3 is 20.9 Å². The Morgan fingerprint density at radius 2 is 2.00 bits per heavy atom. The Morgan fingerprint density at radius 3 is 2.58 bits per heavy atom. The summed E-state index contributed by atoms with van der Waals surface area (Å²) in [6.07, 6.45) is 1.48. The number of ether oxygens (including phenoxy) is 2. The van der Waals surface area contributed by atoms with Crippen molar-refractivity contribution in [3.8, 4) is 5.75 Å². The van der Waals surface area contributed by atoms with Gasteiger partial charge >= 0.3 is 5.97 Å². The van der Waals surface area contributed by atoms with Crippen LogP contribution in [0.2, 0.25) is 5.02 Å². The number of carbonyl (C=O) groups is 2. The minimum atomic E-state index is -0.513. The number of hydrogen-bond donors (Lipinski definition) is 2. The molecule has 0 radical (unpaired) electrons.